The topological polar surface area (TPSA) is 63.6 Å². The molecule has 5 aliphatic carbocycles. The molecule has 5 saturated carbocycles. The molecule has 0 unspecified atom stereocenters. The van der Waals surface area contributed by atoms with Gasteiger partial charge in [-0.25, -0.2) is 4.79 Å². The van der Waals surface area contributed by atoms with Gasteiger partial charge in [-0.1, -0.05) is 31.6 Å². The maximum atomic E-state index is 12.4. The Morgan fingerprint density at radius 3 is 2.59 bits per heavy atom. The van der Waals surface area contributed by atoms with Crippen LogP contribution in [0.5, 0.6) is 0 Å². The van der Waals surface area contributed by atoms with E-state index in [1.165, 1.54) is 5.57 Å². The minimum absolute atomic E-state index is 0.0524. The molecule has 0 aromatic carbocycles. The maximum absolute atomic E-state index is 12.4. The molecule has 7 atom stereocenters. The summed E-state index contributed by atoms with van der Waals surface area (Å²) >= 11 is 0. The van der Waals surface area contributed by atoms with E-state index < -0.39 is 11.4 Å². The normalized spacial score (nSPS) is 46.6. The van der Waals surface area contributed by atoms with Gasteiger partial charge in [0, 0.05) is 11.5 Å². The van der Waals surface area contributed by atoms with Gasteiger partial charge in [0.15, 0.2) is 0 Å². The predicted octanol–water partition coefficient (Wildman–Crippen LogP) is 5.53. The quantitative estimate of drug-likeness (QED) is 0.384. The van der Waals surface area contributed by atoms with Gasteiger partial charge in [-0.3, -0.25) is 4.79 Å². The second-order valence-electron chi connectivity index (χ2n) is 10.9. The molecule has 0 amide bonds. The summed E-state index contributed by atoms with van der Waals surface area (Å²) in [5.41, 5.74) is 1.45. The lowest BCUT2D eigenvalue weighted by Gasteiger charge is -2.68. The molecule has 0 aliphatic heterocycles. The van der Waals surface area contributed by atoms with E-state index >= 15 is 0 Å². The van der Waals surface area contributed by atoms with Crippen LogP contribution in [0.4, 0.5) is 0 Å². The van der Waals surface area contributed by atoms with Gasteiger partial charge < -0.3 is 9.84 Å². The Balaban J connectivity index is 1.65. The van der Waals surface area contributed by atoms with Crippen molar-refractivity contribution in [2.75, 3.05) is 0 Å². The van der Waals surface area contributed by atoms with Gasteiger partial charge in [0.2, 0.25) is 0 Å². The molecule has 4 nitrogen and oxygen atoms in total. The zero-order valence-electron chi connectivity index (χ0n) is 18.4. The van der Waals surface area contributed by atoms with Gasteiger partial charge in [0.25, 0.3) is 0 Å². The first-order chi connectivity index (χ1) is 13.6. The van der Waals surface area contributed by atoms with Crippen LogP contribution >= 0.6 is 0 Å². The van der Waals surface area contributed by atoms with Gasteiger partial charge in [0.05, 0.1) is 5.41 Å². The second-order valence-corrected chi connectivity index (χ2v) is 10.9. The fraction of sp³-hybridized carbons (Fsp3) is 0.760. The Hall–Kier alpha value is -1.58. The number of carboxylic acid groups (broad SMARTS) is 1. The summed E-state index contributed by atoms with van der Waals surface area (Å²) in [6.45, 7) is 12.4. The summed E-state index contributed by atoms with van der Waals surface area (Å²) in [5.74, 6) is 0.117. The number of carboxylic acids is 1. The van der Waals surface area contributed by atoms with Crippen LogP contribution in [0.1, 0.15) is 79.1 Å². The highest BCUT2D eigenvalue weighted by molar-refractivity contribution is 5.87. The monoisotopic (exact) mass is 400 g/mol. The van der Waals surface area contributed by atoms with E-state index in [1.807, 2.05) is 13.8 Å². The van der Waals surface area contributed by atoms with Crippen LogP contribution in [0.25, 0.3) is 0 Å². The zero-order valence-corrected chi connectivity index (χ0v) is 18.4. The van der Waals surface area contributed by atoms with Crippen LogP contribution in [-0.2, 0) is 14.3 Å². The third-order valence-electron chi connectivity index (χ3n) is 9.59. The average Bonchev–Trinajstić information content (AvgIpc) is 2.66. The van der Waals surface area contributed by atoms with Gasteiger partial charge in [-0.05, 0) is 88.4 Å². The van der Waals surface area contributed by atoms with Gasteiger partial charge in [0.1, 0.15) is 6.10 Å². The molecule has 160 valence electrons. The van der Waals surface area contributed by atoms with E-state index in [4.69, 9.17) is 4.74 Å². The number of hydrogen-bond donors (Lipinski definition) is 1. The van der Waals surface area contributed by atoms with Crippen molar-refractivity contribution in [2.24, 2.45) is 34.0 Å². The number of allylic oxidation sites excluding steroid dienone is 1. The van der Waals surface area contributed by atoms with Crippen LogP contribution in [0.2, 0.25) is 0 Å². The van der Waals surface area contributed by atoms with Gasteiger partial charge in [-0.2, -0.15) is 0 Å². The van der Waals surface area contributed by atoms with Gasteiger partial charge >= 0.3 is 11.9 Å². The first kappa shape index (κ1) is 20.7. The number of hydrogen-bond acceptors (Lipinski definition) is 3. The number of esters is 1. The summed E-state index contributed by atoms with van der Waals surface area (Å²) in [5, 5.41) is 10.1. The zero-order chi connectivity index (χ0) is 21.2. The molecular formula is C25H36O4. The van der Waals surface area contributed by atoms with Crippen LogP contribution in [-0.4, -0.2) is 23.1 Å². The number of rotatable bonds is 3. The van der Waals surface area contributed by atoms with E-state index in [1.54, 1.807) is 13.0 Å². The molecule has 5 aliphatic rings. The average molecular weight is 401 g/mol. The molecule has 0 saturated heterocycles. The molecule has 2 bridgehead atoms. The molecule has 5 rings (SSSR count). The van der Waals surface area contributed by atoms with E-state index in [0.29, 0.717) is 11.5 Å². The summed E-state index contributed by atoms with van der Waals surface area (Å²) in [4.78, 5) is 24.7. The summed E-state index contributed by atoms with van der Waals surface area (Å²) < 4.78 is 5.98. The lowest BCUT2D eigenvalue weighted by atomic mass is 9.36. The number of fused-ring (bicyclic) bond motifs is 3. The molecule has 1 N–H and O–H groups in total. The third-order valence-corrected chi connectivity index (χ3v) is 9.59. The predicted molar refractivity (Wildman–Crippen MR) is 112 cm³/mol. The first-order valence-electron chi connectivity index (χ1n) is 11.3. The van der Waals surface area contributed by atoms with Crippen LogP contribution in [0.15, 0.2) is 23.8 Å². The van der Waals surface area contributed by atoms with Crippen molar-refractivity contribution in [1.82, 2.24) is 0 Å². The molecule has 4 heteroatoms. The minimum atomic E-state index is -0.622. The highest BCUT2D eigenvalue weighted by Crippen LogP contribution is 2.72. The van der Waals surface area contributed by atoms with E-state index in [9.17, 15) is 14.7 Å². The van der Waals surface area contributed by atoms with E-state index in [2.05, 4.69) is 13.5 Å². The third kappa shape index (κ3) is 2.84. The smallest absolute Gasteiger partial charge is 0.333 e. The van der Waals surface area contributed by atoms with Crippen molar-refractivity contribution in [3.05, 3.63) is 23.8 Å². The molecule has 5 fully saturated rings. The highest BCUT2D eigenvalue weighted by atomic mass is 16.5. The molecule has 0 aromatic heterocycles. The Kier molecular flexibility index (Phi) is 4.79. The lowest BCUT2D eigenvalue weighted by molar-refractivity contribution is -0.207. The van der Waals surface area contributed by atoms with E-state index in [0.717, 1.165) is 51.4 Å². The van der Waals surface area contributed by atoms with Crippen molar-refractivity contribution in [3.8, 4) is 0 Å². The highest BCUT2D eigenvalue weighted by Gasteiger charge is 2.66. The van der Waals surface area contributed by atoms with E-state index in [-0.39, 0.29) is 34.7 Å². The van der Waals surface area contributed by atoms with Gasteiger partial charge in [-0.15, -0.1) is 0 Å². The maximum Gasteiger partial charge on any atom is 0.333 e. The van der Waals surface area contributed by atoms with Crippen LogP contribution in [0.3, 0.4) is 0 Å². The second kappa shape index (κ2) is 6.72. The Morgan fingerprint density at radius 2 is 1.93 bits per heavy atom. The number of carbonyl (C=O) groups is 2. The summed E-state index contributed by atoms with van der Waals surface area (Å²) in [6, 6.07) is 0. The molecular weight excluding hydrogens is 364 g/mol. The lowest BCUT2D eigenvalue weighted by Crippen LogP contribution is -2.63. The van der Waals surface area contributed by atoms with Crippen molar-refractivity contribution in [3.63, 3.8) is 0 Å². The Labute approximate surface area is 174 Å². The molecule has 0 heterocycles. The number of carbonyl (C=O) groups excluding carboxylic acids is 1. The molecule has 29 heavy (non-hydrogen) atoms. The largest absolute Gasteiger partial charge is 0.481 e. The molecule has 0 aromatic rings. The summed E-state index contributed by atoms with van der Waals surface area (Å²) in [7, 11) is 0. The molecule has 1 spiro atoms. The number of ether oxygens (including phenoxy) is 1. The van der Waals surface area contributed by atoms with Crippen LogP contribution < -0.4 is 0 Å². The van der Waals surface area contributed by atoms with Crippen molar-refractivity contribution in [2.45, 2.75) is 85.2 Å². The molecule has 0 radical (unpaired) electrons. The SMILES string of the molecule is C=C1C[C@@]23CC[C@H]4[C@@](C)(CCC[C@@]4(C)C(=O)O)[C@@H]2C[C@@H]1[C@@H](OC(=O)/C(C)=C\C)C3. The van der Waals surface area contributed by atoms with Crippen LogP contribution in [0, 0.1) is 34.0 Å². The first-order valence-corrected chi connectivity index (χ1v) is 11.3. The Morgan fingerprint density at radius 1 is 1.21 bits per heavy atom. The van der Waals surface area contributed by atoms with Crippen molar-refractivity contribution >= 4 is 11.9 Å². The minimum Gasteiger partial charge on any atom is -0.481 e. The fourth-order valence-electron chi connectivity index (χ4n) is 8.02. The summed E-state index contributed by atoms with van der Waals surface area (Å²) in [6.07, 6.45) is 9.55. The fourth-order valence-corrected chi connectivity index (χ4v) is 8.02. The van der Waals surface area contributed by atoms with Crippen molar-refractivity contribution < 1.29 is 19.4 Å². The van der Waals surface area contributed by atoms with Crippen molar-refractivity contribution in [1.29, 1.82) is 0 Å². The Bertz CT molecular complexity index is 782. The standard InChI is InChI=1S/C25H36O4/c1-6-15(2)21(26)29-18-14-25-11-8-19-23(4,9-7-10-24(19,5)22(27)28)20(25)12-17(18)16(3)13-25/h6,17-20H,3,7-14H2,1-2,4-5H3,(H,27,28)/b15-6-/t17-,18-,19-,20-,23+,24+,25+/m0/s1. The number of aliphatic carboxylic acids is 1.